The van der Waals surface area contributed by atoms with Crippen molar-refractivity contribution < 1.29 is 22.7 Å². The van der Waals surface area contributed by atoms with E-state index in [9.17, 15) is 18.0 Å². The summed E-state index contributed by atoms with van der Waals surface area (Å²) in [7, 11) is 0. The summed E-state index contributed by atoms with van der Waals surface area (Å²) in [5, 5.41) is 0. The average molecular weight is 378 g/mol. The summed E-state index contributed by atoms with van der Waals surface area (Å²) in [4.78, 5) is 25.4. The zero-order chi connectivity index (χ0) is 19.1. The highest BCUT2D eigenvalue weighted by Crippen LogP contribution is 2.32. The van der Waals surface area contributed by atoms with Crippen molar-refractivity contribution in [1.29, 1.82) is 0 Å². The van der Waals surface area contributed by atoms with E-state index in [0.717, 1.165) is 48.7 Å². The van der Waals surface area contributed by atoms with Gasteiger partial charge in [0.15, 0.2) is 11.6 Å². The van der Waals surface area contributed by atoms with Crippen molar-refractivity contribution >= 4 is 11.7 Å². The lowest BCUT2D eigenvalue weighted by Gasteiger charge is -2.33. The molecule has 0 spiro atoms. The largest absolute Gasteiger partial charge is 0.432 e. The normalized spacial score (nSPS) is 15.7. The van der Waals surface area contributed by atoms with E-state index in [-0.39, 0.29) is 5.56 Å². The van der Waals surface area contributed by atoms with E-state index >= 15 is 0 Å². The fraction of sp³-hybridized carbons (Fsp3) is 0.389. The van der Waals surface area contributed by atoms with Gasteiger partial charge in [-0.1, -0.05) is 0 Å². The van der Waals surface area contributed by atoms with Gasteiger partial charge < -0.3 is 14.5 Å². The van der Waals surface area contributed by atoms with Crippen LogP contribution in [0.2, 0.25) is 0 Å². The highest BCUT2D eigenvalue weighted by atomic mass is 19.3. The number of aromatic nitrogens is 2. The summed E-state index contributed by atoms with van der Waals surface area (Å²) in [5.41, 5.74) is 1.76. The summed E-state index contributed by atoms with van der Waals surface area (Å²) >= 11 is 0. The Morgan fingerprint density at radius 1 is 1.22 bits per heavy atom. The smallest absolute Gasteiger partial charge is 0.387 e. The maximum atomic E-state index is 13.9. The number of amides is 1. The van der Waals surface area contributed by atoms with Crippen LogP contribution in [0.5, 0.6) is 5.75 Å². The van der Waals surface area contributed by atoms with E-state index < -0.39 is 24.1 Å². The summed E-state index contributed by atoms with van der Waals surface area (Å²) in [6, 6.07) is 3.23. The molecule has 0 bridgehead atoms. The number of ether oxygens (including phenoxy) is 1. The summed E-state index contributed by atoms with van der Waals surface area (Å²) in [5.74, 6) is -0.499. The molecule has 0 aliphatic carbocycles. The lowest BCUT2D eigenvalue weighted by atomic mass is 10.1. The Labute approximate surface area is 153 Å². The minimum atomic E-state index is -3.13. The van der Waals surface area contributed by atoms with Gasteiger partial charge in [-0.3, -0.25) is 4.79 Å². The molecule has 3 heterocycles. The number of halogens is 3. The Balaban J connectivity index is 1.56. The van der Waals surface area contributed by atoms with Crippen LogP contribution in [0.25, 0.3) is 0 Å². The van der Waals surface area contributed by atoms with E-state index in [4.69, 9.17) is 0 Å². The molecular formula is C18H17F3N4O2. The van der Waals surface area contributed by atoms with E-state index in [1.807, 2.05) is 6.92 Å². The van der Waals surface area contributed by atoms with Gasteiger partial charge in [0.25, 0.3) is 5.91 Å². The van der Waals surface area contributed by atoms with Gasteiger partial charge in [-0.2, -0.15) is 8.78 Å². The Kier molecular flexibility index (Phi) is 4.37. The summed E-state index contributed by atoms with van der Waals surface area (Å²) in [6.45, 7) is 1.16. The van der Waals surface area contributed by atoms with Gasteiger partial charge in [-0.15, -0.1) is 0 Å². The number of hydrogen-bond acceptors (Lipinski definition) is 5. The molecule has 6 nitrogen and oxygen atoms in total. The first kappa shape index (κ1) is 17.6. The number of carbonyl (C=O) groups is 1. The molecule has 1 fully saturated rings. The van der Waals surface area contributed by atoms with E-state index in [1.165, 1.54) is 6.07 Å². The maximum Gasteiger partial charge on any atom is 0.387 e. The number of aryl methyl sites for hydroxylation is 1. The molecule has 1 aromatic heterocycles. The Hall–Kier alpha value is -2.84. The molecule has 2 aliphatic rings. The minimum absolute atomic E-state index is 0.0668. The molecular weight excluding hydrogens is 361 g/mol. The van der Waals surface area contributed by atoms with Gasteiger partial charge in [0.2, 0.25) is 0 Å². The highest BCUT2D eigenvalue weighted by Gasteiger charge is 2.32. The zero-order valence-electron chi connectivity index (χ0n) is 14.6. The van der Waals surface area contributed by atoms with Crippen molar-refractivity contribution in [3.63, 3.8) is 0 Å². The lowest BCUT2D eigenvalue weighted by Crippen LogP contribution is -2.38. The summed E-state index contributed by atoms with van der Waals surface area (Å²) in [6.07, 6.45) is 1.10. The highest BCUT2D eigenvalue weighted by molar-refractivity contribution is 5.94. The number of nitrogens with zero attached hydrogens (tertiary/aromatic N) is 4. The first-order valence-corrected chi connectivity index (χ1v) is 8.57. The van der Waals surface area contributed by atoms with E-state index in [2.05, 4.69) is 19.6 Å². The van der Waals surface area contributed by atoms with Crippen LogP contribution in [-0.2, 0) is 13.1 Å². The quantitative estimate of drug-likeness (QED) is 0.819. The number of carbonyl (C=O) groups excluding carboxylic acids is 1. The van der Waals surface area contributed by atoms with Crippen LogP contribution in [-0.4, -0.2) is 40.5 Å². The van der Waals surface area contributed by atoms with Gasteiger partial charge in [0, 0.05) is 24.2 Å². The molecule has 1 amide bonds. The molecule has 142 valence electrons. The monoisotopic (exact) mass is 378 g/mol. The molecule has 2 aliphatic heterocycles. The van der Waals surface area contributed by atoms with Crippen LogP contribution in [0.3, 0.4) is 0 Å². The predicted molar refractivity (Wildman–Crippen MR) is 90.2 cm³/mol. The van der Waals surface area contributed by atoms with Gasteiger partial charge in [-0.25, -0.2) is 14.4 Å². The molecule has 4 rings (SSSR count). The van der Waals surface area contributed by atoms with Crippen LogP contribution in [0, 0.1) is 12.7 Å². The van der Waals surface area contributed by atoms with Crippen LogP contribution >= 0.6 is 0 Å². The Bertz CT molecular complexity index is 902. The van der Waals surface area contributed by atoms with Gasteiger partial charge in [-0.05, 0) is 31.5 Å². The van der Waals surface area contributed by atoms with Crippen LogP contribution in [0.1, 0.15) is 33.9 Å². The minimum Gasteiger partial charge on any atom is -0.432 e. The number of fused-ring (bicyclic) bond motifs is 1. The SMILES string of the molecule is Cc1nc2c(c(N3CCC3)n1)CN(C(=O)c1ccc(OC(F)F)c(F)c1)C2. The Morgan fingerprint density at radius 2 is 2.00 bits per heavy atom. The second kappa shape index (κ2) is 6.71. The molecule has 1 aromatic carbocycles. The van der Waals surface area contributed by atoms with Crippen molar-refractivity contribution in [2.75, 3.05) is 18.0 Å². The molecule has 2 aromatic rings. The summed E-state index contributed by atoms with van der Waals surface area (Å²) < 4.78 is 42.5. The fourth-order valence-electron chi connectivity index (χ4n) is 3.30. The number of benzene rings is 1. The van der Waals surface area contributed by atoms with Crippen molar-refractivity contribution in [3.05, 3.63) is 46.7 Å². The molecule has 0 radical (unpaired) electrons. The first-order valence-electron chi connectivity index (χ1n) is 8.57. The van der Waals surface area contributed by atoms with E-state index in [0.29, 0.717) is 18.9 Å². The van der Waals surface area contributed by atoms with Crippen LogP contribution in [0.15, 0.2) is 18.2 Å². The second-order valence-corrected chi connectivity index (χ2v) is 6.55. The van der Waals surface area contributed by atoms with E-state index in [1.54, 1.807) is 4.90 Å². The zero-order valence-corrected chi connectivity index (χ0v) is 14.6. The fourth-order valence-corrected chi connectivity index (χ4v) is 3.30. The number of rotatable bonds is 4. The van der Waals surface area contributed by atoms with Crippen molar-refractivity contribution in [3.8, 4) is 5.75 Å². The molecule has 27 heavy (non-hydrogen) atoms. The lowest BCUT2D eigenvalue weighted by molar-refractivity contribution is -0.0521. The maximum absolute atomic E-state index is 13.9. The first-order chi connectivity index (χ1) is 12.9. The molecule has 0 saturated carbocycles. The van der Waals surface area contributed by atoms with Crippen LogP contribution < -0.4 is 9.64 Å². The van der Waals surface area contributed by atoms with Crippen molar-refractivity contribution in [1.82, 2.24) is 14.9 Å². The second-order valence-electron chi connectivity index (χ2n) is 6.55. The third-order valence-electron chi connectivity index (χ3n) is 4.71. The van der Waals surface area contributed by atoms with Gasteiger partial charge in [0.1, 0.15) is 11.6 Å². The predicted octanol–water partition coefficient (Wildman–Crippen LogP) is 2.89. The van der Waals surface area contributed by atoms with Gasteiger partial charge in [0.05, 0.1) is 18.8 Å². The number of alkyl halides is 2. The number of anilines is 1. The topological polar surface area (TPSA) is 58.6 Å². The Morgan fingerprint density at radius 3 is 2.63 bits per heavy atom. The van der Waals surface area contributed by atoms with Crippen molar-refractivity contribution in [2.24, 2.45) is 0 Å². The van der Waals surface area contributed by atoms with Crippen molar-refractivity contribution in [2.45, 2.75) is 33.0 Å². The molecule has 1 saturated heterocycles. The third kappa shape index (κ3) is 3.29. The molecule has 9 heteroatoms. The molecule has 0 unspecified atom stereocenters. The average Bonchev–Trinajstić information content (AvgIpc) is 2.98. The number of hydrogen-bond donors (Lipinski definition) is 0. The standard InChI is InChI=1S/C18H17F3N4O2/c1-10-22-14-9-25(8-12(14)16(23-10)24-5-2-6-24)17(26)11-3-4-15(13(19)7-11)27-18(20)21/h3-4,7,18H,2,5-6,8-9H2,1H3. The van der Waals surface area contributed by atoms with Crippen LogP contribution in [0.4, 0.5) is 19.0 Å². The molecule has 0 N–H and O–H groups in total. The molecule has 0 atom stereocenters. The third-order valence-corrected chi connectivity index (χ3v) is 4.71. The van der Waals surface area contributed by atoms with Gasteiger partial charge >= 0.3 is 6.61 Å².